The number of amides is 1. The van der Waals surface area contributed by atoms with Crippen LogP contribution in [0.15, 0.2) is 76.8 Å². The minimum absolute atomic E-state index is 0.0369. The number of benzene rings is 3. The van der Waals surface area contributed by atoms with Gasteiger partial charge in [0.25, 0.3) is 5.91 Å². The molecular formula is C24H18BrClN2O3. The van der Waals surface area contributed by atoms with Crippen LogP contribution in [0.3, 0.4) is 0 Å². The molecule has 0 aliphatic heterocycles. The number of hydrogen-bond donors (Lipinski definition) is 1. The number of nitrogens with zero attached hydrogens (tertiary/aromatic N) is 1. The van der Waals surface area contributed by atoms with Gasteiger partial charge >= 0.3 is 0 Å². The number of carbonyl (C=O) groups is 1. The Morgan fingerprint density at radius 2 is 1.87 bits per heavy atom. The van der Waals surface area contributed by atoms with E-state index in [9.17, 15) is 10.1 Å². The molecule has 0 fully saturated rings. The lowest BCUT2D eigenvalue weighted by Gasteiger charge is -2.12. The normalized spacial score (nSPS) is 10.8. The Bertz CT molecular complexity index is 1150. The molecule has 0 bridgehead atoms. The average molecular weight is 498 g/mol. The van der Waals surface area contributed by atoms with Gasteiger partial charge in [0.1, 0.15) is 18.2 Å². The van der Waals surface area contributed by atoms with Gasteiger partial charge in [-0.1, -0.05) is 51.8 Å². The summed E-state index contributed by atoms with van der Waals surface area (Å²) < 4.78 is 12.1. The van der Waals surface area contributed by atoms with E-state index in [4.69, 9.17) is 21.1 Å². The molecule has 0 spiro atoms. The molecule has 1 N–H and O–H groups in total. The van der Waals surface area contributed by atoms with Crippen molar-refractivity contribution in [3.63, 3.8) is 0 Å². The topological polar surface area (TPSA) is 71.3 Å². The van der Waals surface area contributed by atoms with Gasteiger partial charge in [-0.15, -0.1) is 0 Å². The second kappa shape index (κ2) is 10.7. The van der Waals surface area contributed by atoms with E-state index >= 15 is 0 Å². The molecular weight excluding hydrogens is 480 g/mol. The maximum absolute atomic E-state index is 12.5. The molecule has 7 heteroatoms. The Morgan fingerprint density at radius 3 is 2.55 bits per heavy atom. The van der Waals surface area contributed by atoms with Crippen LogP contribution in [0.5, 0.6) is 11.5 Å². The molecule has 0 aliphatic carbocycles. The van der Waals surface area contributed by atoms with Crippen LogP contribution in [0.4, 0.5) is 5.69 Å². The Labute approximate surface area is 194 Å². The smallest absolute Gasteiger partial charge is 0.266 e. The maximum Gasteiger partial charge on any atom is 0.266 e. The van der Waals surface area contributed by atoms with Crippen molar-refractivity contribution < 1.29 is 14.3 Å². The molecule has 1 amide bonds. The first-order chi connectivity index (χ1) is 15.0. The maximum atomic E-state index is 12.5. The van der Waals surface area contributed by atoms with Gasteiger partial charge in [0.2, 0.25) is 0 Å². The highest BCUT2D eigenvalue weighted by Crippen LogP contribution is 2.30. The number of nitriles is 1. The van der Waals surface area contributed by atoms with E-state index in [2.05, 4.69) is 21.2 Å². The minimum atomic E-state index is -0.501. The number of rotatable bonds is 7. The second-order valence-corrected chi connectivity index (χ2v) is 7.74. The number of hydrogen-bond acceptors (Lipinski definition) is 4. The van der Waals surface area contributed by atoms with Gasteiger partial charge in [0.15, 0.2) is 11.5 Å². The van der Waals surface area contributed by atoms with Crippen LogP contribution in [-0.2, 0) is 11.4 Å². The number of ether oxygens (including phenoxy) is 2. The van der Waals surface area contributed by atoms with Crippen LogP contribution in [-0.4, -0.2) is 13.0 Å². The van der Waals surface area contributed by atoms with Crippen LogP contribution >= 0.6 is 27.5 Å². The highest BCUT2D eigenvalue weighted by atomic mass is 79.9. The third kappa shape index (κ3) is 6.11. The predicted molar refractivity (Wildman–Crippen MR) is 125 cm³/mol. The number of methoxy groups -OCH3 is 1. The van der Waals surface area contributed by atoms with Crippen molar-refractivity contribution in [3.8, 4) is 17.6 Å². The first kappa shape index (κ1) is 22.4. The van der Waals surface area contributed by atoms with E-state index in [0.29, 0.717) is 27.8 Å². The van der Waals surface area contributed by atoms with Crippen molar-refractivity contribution in [2.45, 2.75) is 6.61 Å². The Balaban J connectivity index is 1.80. The summed E-state index contributed by atoms with van der Waals surface area (Å²) in [7, 11) is 1.54. The third-order valence-corrected chi connectivity index (χ3v) is 5.20. The summed E-state index contributed by atoms with van der Waals surface area (Å²) in [4.78, 5) is 12.5. The van der Waals surface area contributed by atoms with Crippen molar-refractivity contribution in [3.05, 3.63) is 92.9 Å². The highest BCUT2D eigenvalue weighted by Gasteiger charge is 2.12. The summed E-state index contributed by atoms with van der Waals surface area (Å²) >= 11 is 9.53. The second-order valence-electron chi connectivity index (χ2n) is 6.42. The number of halogens is 2. The van der Waals surface area contributed by atoms with E-state index in [-0.39, 0.29) is 12.2 Å². The van der Waals surface area contributed by atoms with Crippen LogP contribution in [0.2, 0.25) is 5.02 Å². The van der Waals surface area contributed by atoms with Gasteiger partial charge < -0.3 is 14.8 Å². The highest BCUT2D eigenvalue weighted by molar-refractivity contribution is 9.10. The standard InChI is InChI=1S/C24H18BrClN2O3/c1-30-22-11-6-16(13-23(22)31-15-17-4-2-3-5-21(17)26)12-18(14-27)24(29)28-20-9-7-19(25)8-10-20/h2-13H,15H2,1H3,(H,28,29)/b18-12+. The fraction of sp³-hybridized carbons (Fsp3) is 0.0833. The number of anilines is 1. The molecule has 0 aliphatic rings. The summed E-state index contributed by atoms with van der Waals surface area (Å²) in [6, 6.07) is 21.6. The summed E-state index contributed by atoms with van der Waals surface area (Å²) in [5, 5.41) is 12.8. The van der Waals surface area contributed by atoms with Crippen molar-refractivity contribution in [1.82, 2.24) is 0 Å². The predicted octanol–water partition coefficient (Wildman–Crippen LogP) is 6.24. The fourth-order valence-corrected chi connectivity index (χ4v) is 3.17. The van der Waals surface area contributed by atoms with Gasteiger partial charge in [0.05, 0.1) is 7.11 Å². The van der Waals surface area contributed by atoms with Gasteiger partial charge in [-0.25, -0.2) is 0 Å². The molecule has 156 valence electrons. The number of carbonyl (C=O) groups excluding carboxylic acids is 1. The van der Waals surface area contributed by atoms with Crippen LogP contribution < -0.4 is 14.8 Å². The fourth-order valence-electron chi connectivity index (χ4n) is 2.71. The van der Waals surface area contributed by atoms with Gasteiger partial charge in [-0.05, 0) is 54.1 Å². The quantitative estimate of drug-likeness (QED) is 0.310. The Hall–Kier alpha value is -3.27. The minimum Gasteiger partial charge on any atom is -0.493 e. The number of nitrogens with one attached hydrogen (secondary N) is 1. The zero-order chi connectivity index (χ0) is 22.2. The lowest BCUT2D eigenvalue weighted by molar-refractivity contribution is -0.112. The molecule has 0 radical (unpaired) electrons. The summed E-state index contributed by atoms with van der Waals surface area (Å²) in [6.45, 7) is 0.248. The van der Waals surface area contributed by atoms with E-state index in [0.717, 1.165) is 10.0 Å². The molecule has 3 rings (SSSR count). The summed E-state index contributed by atoms with van der Waals surface area (Å²) in [5.74, 6) is 0.503. The molecule has 5 nitrogen and oxygen atoms in total. The molecule has 31 heavy (non-hydrogen) atoms. The van der Waals surface area contributed by atoms with Crippen molar-refractivity contribution >= 4 is 45.2 Å². The van der Waals surface area contributed by atoms with Gasteiger partial charge in [0, 0.05) is 20.7 Å². The molecule has 3 aromatic carbocycles. The molecule has 3 aromatic rings. The lowest BCUT2D eigenvalue weighted by Crippen LogP contribution is -2.13. The van der Waals surface area contributed by atoms with Crippen LogP contribution in [0.25, 0.3) is 6.08 Å². The third-order valence-electron chi connectivity index (χ3n) is 4.31. The van der Waals surface area contributed by atoms with E-state index < -0.39 is 5.91 Å². The largest absolute Gasteiger partial charge is 0.493 e. The molecule has 0 unspecified atom stereocenters. The van der Waals surface area contributed by atoms with Gasteiger partial charge in [-0.3, -0.25) is 4.79 Å². The molecule has 0 saturated carbocycles. The van der Waals surface area contributed by atoms with E-state index in [1.165, 1.54) is 6.08 Å². The molecule has 0 saturated heterocycles. The molecule has 0 heterocycles. The first-order valence-electron chi connectivity index (χ1n) is 9.23. The van der Waals surface area contributed by atoms with Crippen molar-refractivity contribution in [2.75, 3.05) is 12.4 Å². The van der Waals surface area contributed by atoms with Gasteiger partial charge in [-0.2, -0.15) is 5.26 Å². The van der Waals surface area contributed by atoms with Crippen molar-refractivity contribution in [1.29, 1.82) is 5.26 Å². The van der Waals surface area contributed by atoms with E-state index in [1.54, 1.807) is 55.6 Å². The van der Waals surface area contributed by atoms with Crippen molar-refractivity contribution in [2.24, 2.45) is 0 Å². The first-order valence-corrected chi connectivity index (χ1v) is 10.4. The summed E-state index contributed by atoms with van der Waals surface area (Å²) in [6.07, 6.45) is 1.50. The van der Waals surface area contributed by atoms with Crippen LogP contribution in [0.1, 0.15) is 11.1 Å². The monoisotopic (exact) mass is 496 g/mol. The summed E-state index contributed by atoms with van der Waals surface area (Å²) in [5.41, 5.74) is 2.01. The Morgan fingerprint density at radius 1 is 1.13 bits per heavy atom. The van der Waals surface area contributed by atoms with E-state index in [1.807, 2.05) is 24.3 Å². The Kier molecular flexibility index (Phi) is 7.71. The lowest BCUT2D eigenvalue weighted by atomic mass is 10.1. The average Bonchev–Trinajstić information content (AvgIpc) is 2.78. The SMILES string of the molecule is COc1ccc(/C=C(\C#N)C(=O)Nc2ccc(Br)cc2)cc1OCc1ccccc1Cl. The van der Waals surface area contributed by atoms with Crippen LogP contribution in [0, 0.1) is 11.3 Å². The zero-order valence-electron chi connectivity index (χ0n) is 16.6. The molecule has 0 atom stereocenters. The zero-order valence-corrected chi connectivity index (χ0v) is 18.9. The molecule has 0 aromatic heterocycles.